The zero-order chi connectivity index (χ0) is 24.9. The van der Waals surface area contributed by atoms with Gasteiger partial charge in [0.15, 0.2) is 0 Å². The standard InChI is InChI=1S/C32H42O3/c1-4-6-8-9-11-25(3)35-32(33)30-19-18-28-23-27(14-17-29(28)24-30)13-12-26-15-20-31(21-16-26)34-22-10-7-5-2/h14-21,23-25H,4-13,22H2,1-3H3/t25-/m0/s1. The van der Waals surface area contributed by atoms with Crippen molar-refractivity contribution in [1.29, 1.82) is 0 Å². The van der Waals surface area contributed by atoms with Crippen molar-refractivity contribution in [2.24, 2.45) is 0 Å². The molecule has 0 bridgehead atoms. The summed E-state index contributed by atoms with van der Waals surface area (Å²) in [5.41, 5.74) is 3.24. The summed E-state index contributed by atoms with van der Waals surface area (Å²) in [6.07, 6.45) is 11.2. The van der Waals surface area contributed by atoms with Crippen molar-refractivity contribution in [2.75, 3.05) is 6.61 Å². The van der Waals surface area contributed by atoms with Crippen LogP contribution in [0.5, 0.6) is 5.75 Å². The first-order chi connectivity index (χ1) is 17.1. The van der Waals surface area contributed by atoms with Crippen LogP contribution in [-0.2, 0) is 17.6 Å². The molecule has 3 heteroatoms. The molecule has 3 aromatic carbocycles. The number of benzene rings is 3. The Balaban J connectivity index is 1.51. The molecule has 0 aliphatic rings. The molecule has 188 valence electrons. The Morgan fingerprint density at radius 2 is 1.40 bits per heavy atom. The highest BCUT2D eigenvalue weighted by molar-refractivity contribution is 5.95. The lowest BCUT2D eigenvalue weighted by molar-refractivity contribution is 0.0319. The van der Waals surface area contributed by atoms with Gasteiger partial charge in [0.2, 0.25) is 0 Å². The summed E-state index contributed by atoms with van der Waals surface area (Å²) in [7, 11) is 0. The monoisotopic (exact) mass is 474 g/mol. The summed E-state index contributed by atoms with van der Waals surface area (Å²) in [4.78, 5) is 12.6. The summed E-state index contributed by atoms with van der Waals surface area (Å²) >= 11 is 0. The molecule has 0 N–H and O–H groups in total. The average molecular weight is 475 g/mol. The third-order valence-corrected chi connectivity index (χ3v) is 6.56. The highest BCUT2D eigenvalue weighted by Gasteiger charge is 2.12. The largest absolute Gasteiger partial charge is 0.494 e. The summed E-state index contributed by atoms with van der Waals surface area (Å²) in [5, 5.41) is 2.23. The van der Waals surface area contributed by atoms with Crippen LogP contribution >= 0.6 is 0 Å². The van der Waals surface area contributed by atoms with E-state index < -0.39 is 0 Å². The third-order valence-electron chi connectivity index (χ3n) is 6.56. The van der Waals surface area contributed by atoms with Gasteiger partial charge in [-0.05, 0) is 85.2 Å². The fourth-order valence-electron chi connectivity index (χ4n) is 4.33. The second-order valence-corrected chi connectivity index (χ2v) is 9.66. The Bertz CT molecular complexity index is 1040. The van der Waals surface area contributed by atoms with E-state index in [1.807, 2.05) is 25.1 Å². The van der Waals surface area contributed by atoms with Crippen LogP contribution in [0.25, 0.3) is 10.8 Å². The van der Waals surface area contributed by atoms with E-state index in [4.69, 9.17) is 9.47 Å². The lowest BCUT2D eigenvalue weighted by atomic mass is 10.00. The minimum atomic E-state index is -0.225. The van der Waals surface area contributed by atoms with Crippen molar-refractivity contribution in [1.82, 2.24) is 0 Å². The fourth-order valence-corrected chi connectivity index (χ4v) is 4.33. The molecule has 0 aliphatic carbocycles. The van der Waals surface area contributed by atoms with Gasteiger partial charge in [0.05, 0.1) is 18.3 Å². The average Bonchev–Trinajstić information content (AvgIpc) is 2.88. The molecular formula is C32H42O3. The Morgan fingerprint density at radius 3 is 2.17 bits per heavy atom. The Morgan fingerprint density at radius 1 is 0.743 bits per heavy atom. The number of unbranched alkanes of at least 4 members (excludes halogenated alkanes) is 5. The van der Waals surface area contributed by atoms with Gasteiger partial charge in [-0.15, -0.1) is 0 Å². The minimum Gasteiger partial charge on any atom is -0.494 e. The summed E-state index contributed by atoms with van der Waals surface area (Å²) < 4.78 is 11.5. The van der Waals surface area contributed by atoms with Crippen LogP contribution in [0.4, 0.5) is 0 Å². The molecule has 0 heterocycles. The minimum absolute atomic E-state index is 0.0425. The first-order valence-electron chi connectivity index (χ1n) is 13.5. The van der Waals surface area contributed by atoms with E-state index in [0.29, 0.717) is 5.56 Å². The predicted molar refractivity (Wildman–Crippen MR) is 146 cm³/mol. The normalized spacial score (nSPS) is 12.0. The van der Waals surface area contributed by atoms with Crippen molar-refractivity contribution in [3.05, 3.63) is 77.4 Å². The van der Waals surface area contributed by atoms with Gasteiger partial charge in [-0.25, -0.2) is 4.79 Å². The molecule has 0 fully saturated rings. The quantitative estimate of drug-likeness (QED) is 0.163. The zero-order valence-electron chi connectivity index (χ0n) is 21.9. The number of hydrogen-bond donors (Lipinski definition) is 0. The predicted octanol–water partition coefficient (Wildman–Crippen LogP) is 8.71. The molecule has 3 rings (SSSR count). The molecule has 35 heavy (non-hydrogen) atoms. The van der Waals surface area contributed by atoms with E-state index >= 15 is 0 Å². The lowest BCUT2D eigenvalue weighted by Crippen LogP contribution is -2.15. The fraction of sp³-hybridized carbons (Fsp3) is 0.469. The molecule has 0 aliphatic heterocycles. The number of rotatable bonds is 15. The number of esters is 1. The van der Waals surface area contributed by atoms with E-state index in [1.54, 1.807) is 0 Å². The molecule has 1 atom stereocenters. The van der Waals surface area contributed by atoms with E-state index in [0.717, 1.165) is 55.2 Å². The second kappa shape index (κ2) is 14.6. The highest BCUT2D eigenvalue weighted by atomic mass is 16.5. The van der Waals surface area contributed by atoms with Crippen molar-refractivity contribution in [3.63, 3.8) is 0 Å². The Hall–Kier alpha value is -2.81. The first-order valence-corrected chi connectivity index (χ1v) is 13.5. The van der Waals surface area contributed by atoms with Crippen molar-refractivity contribution in [2.45, 2.75) is 91.1 Å². The molecule has 0 aromatic heterocycles. The number of ether oxygens (including phenoxy) is 2. The maximum Gasteiger partial charge on any atom is 0.338 e. The molecule has 3 aromatic rings. The maximum absolute atomic E-state index is 12.6. The topological polar surface area (TPSA) is 35.5 Å². The molecular weight excluding hydrogens is 432 g/mol. The van der Waals surface area contributed by atoms with Crippen LogP contribution < -0.4 is 4.74 Å². The van der Waals surface area contributed by atoms with Crippen molar-refractivity contribution in [3.8, 4) is 5.75 Å². The number of fused-ring (bicyclic) bond motifs is 1. The molecule has 3 nitrogen and oxygen atoms in total. The maximum atomic E-state index is 12.6. The van der Waals surface area contributed by atoms with Crippen LogP contribution in [0.1, 0.15) is 93.6 Å². The van der Waals surface area contributed by atoms with Gasteiger partial charge in [0, 0.05) is 0 Å². The number of carbonyl (C=O) groups excluding carboxylic acids is 1. The van der Waals surface area contributed by atoms with Gasteiger partial charge in [0.1, 0.15) is 5.75 Å². The van der Waals surface area contributed by atoms with Gasteiger partial charge >= 0.3 is 5.97 Å². The lowest BCUT2D eigenvalue weighted by Gasteiger charge is -2.13. The Kier molecular flexibility index (Phi) is 11.1. The second-order valence-electron chi connectivity index (χ2n) is 9.66. The van der Waals surface area contributed by atoms with Crippen LogP contribution in [0, 0.1) is 0 Å². The van der Waals surface area contributed by atoms with Crippen LogP contribution in [0.15, 0.2) is 60.7 Å². The van der Waals surface area contributed by atoms with E-state index in [1.165, 1.54) is 43.2 Å². The van der Waals surface area contributed by atoms with Crippen LogP contribution in [-0.4, -0.2) is 18.7 Å². The molecule has 0 amide bonds. The van der Waals surface area contributed by atoms with Gasteiger partial charge in [0.25, 0.3) is 0 Å². The van der Waals surface area contributed by atoms with Crippen molar-refractivity contribution < 1.29 is 14.3 Å². The highest BCUT2D eigenvalue weighted by Crippen LogP contribution is 2.21. The van der Waals surface area contributed by atoms with Gasteiger partial charge < -0.3 is 9.47 Å². The van der Waals surface area contributed by atoms with E-state index in [9.17, 15) is 4.79 Å². The molecule has 0 radical (unpaired) electrons. The smallest absolute Gasteiger partial charge is 0.338 e. The zero-order valence-corrected chi connectivity index (χ0v) is 21.9. The third kappa shape index (κ3) is 9.05. The van der Waals surface area contributed by atoms with Gasteiger partial charge in [-0.1, -0.05) is 82.3 Å². The van der Waals surface area contributed by atoms with Crippen LogP contribution in [0.3, 0.4) is 0 Å². The number of aryl methyl sites for hydroxylation is 2. The first kappa shape index (κ1) is 26.8. The van der Waals surface area contributed by atoms with Gasteiger partial charge in [-0.3, -0.25) is 0 Å². The molecule has 0 spiro atoms. The SMILES string of the molecule is CCCCCC[C@H](C)OC(=O)c1ccc2cc(CCc3ccc(OCCCCC)cc3)ccc2c1. The van der Waals surface area contributed by atoms with Gasteiger partial charge in [-0.2, -0.15) is 0 Å². The summed E-state index contributed by atoms with van der Waals surface area (Å²) in [6, 6.07) is 20.9. The summed E-state index contributed by atoms with van der Waals surface area (Å²) in [5.74, 6) is 0.729. The molecule has 0 unspecified atom stereocenters. The van der Waals surface area contributed by atoms with E-state index in [-0.39, 0.29) is 12.1 Å². The number of carbonyl (C=O) groups is 1. The van der Waals surface area contributed by atoms with E-state index in [2.05, 4.69) is 56.3 Å². The van der Waals surface area contributed by atoms with Crippen LogP contribution in [0.2, 0.25) is 0 Å². The summed E-state index contributed by atoms with van der Waals surface area (Å²) in [6.45, 7) is 7.19. The Labute approximate surface area is 211 Å². The van der Waals surface area contributed by atoms with Crippen molar-refractivity contribution >= 4 is 16.7 Å². The molecule has 0 saturated carbocycles. The number of hydrogen-bond acceptors (Lipinski definition) is 3. The molecule has 0 saturated heterocycles.